The summed E-state index contributed by atoms with van der Waals surface area (Å²) < 4.78 is 12.0. The molecule has 27 rings (SSSR count). The topological polar surface area (TPSA) is 19.4 Å². The van der Waals surface area contributed by atoms with E-state index in [-0.39, 0.29) is 32.5 Å². The quantitative estimate of drug-likeness (QED) is 0.153. The molecule has 5 aromatic heterocycles. The van der Waals surface area contributed by atoms with E-state index in [1.807, 2.05) is 0 Å². The van der Waals surface area contributed by atoms with E-state index in [1.165, 1.54) is 334 Å². The predicted octanol–water partition coefficient (Wildman–Crippen LogP) is 31.6. The van der Waals surface area contributed by atoms with E-state index in [2.05, 4.69) is 423 Å². The molecule has 0 radical (unpaired) electrons. The monoisotopic (exact) mass is 1890 g/mol. The number of benzene rings is 10. The van der Waals surface area contributed by atoms with Crippen molar-refractivity contribution in [2.45, 2.75) is 318 Å². The molecule has 0 saturated heterocycles. The van der Waals surface area contributed by atoms with Gasteiger partial charge in [-0.1, -0.05) is 251 Å². The van der Waals surface area contributed by atoms with Crippen molar-refractivity contribution in [3.8, 4) is 112 Å². The molecule has 0 aliphatic heterocycles. The second-order valence-electron chi connectivity index (χ2n) is 50.9. The first-order chi connectivity index (χ1) is 68.5. The van der Waals surface area contributed by atoms with Crippen molar-refractivity contribution in [3.05, 3.63) is 380 Å². The molecule has 5 heterocycles. The number of nitrogens with zero attached hydrogens (tertiary/aromatic N) is 5. The van der Waals surface area contributed by atoms with Gasteiger partial charge >= 0.3 is 0 Å². The Morgan fingerprint density at radius 2 is 0.514 bits per heavy atom. The number of rotatable bonds is 5. The highest BCUT2D eigenvalue weighted by Gasteiger charge is 2.48. The lowest BCUT2D eigenvalue weighted by molar-refractivity contribution is -0.661. The SMILES string of the molecule is Cc1cc(C)c(-c2cc3c(c[n+]2C)C2CCC3C2)c2c1-c1ccccc1C2.Cc1ccc2c(c1)-c1ccc(C)c(-c3cc4c(c[n+]3C)C(C)(C)CCC4(C)C)c1C2.Cc1ccc2c(c1)-c1ccc(C)c(-c3cc4c(c[n+]3C)C3CCC4C3)c1C2.Cc1ccc2c(c1)Cc1c-2ccc(C)c1-c1cc2c(c[n+]1C)C(C)(C)CCC2(C)C.Cc1cccc2c1Cc1c-2ccc(C)c1-c1cc2c(c[n+]1C)C(C)(C)CCC2(C)C. The Morgan fingerprint density at radius 1 is 0.208 bits per heavy atom. The van der Waals surface area contributed by atoms with Gasteiger partial charge < -0.3 is 0 Å². The number of pyridine rings is 5. The Labute approximate surface area is 861 Å². The van der Waals surface area contributed by atoms with Gasteiger partial charge in [-0.15, -0.1) is 0 Å². The maximum absolute atomic E-state index is 2.54. The zero-order valence-corrected chi connectivity index (χ0v) is 91.8. The van der Waals surface area contributed by atoms with Gasteiger partial charge in [-0.25, -0.2) is 22.8 Å². The molecule has 144 heavy (non-hydrogen) atoms. The molecule has 0 amide bonds. The maximum atomic E-state index is 2.54. The molecule has 730 valence electrons. The first-order valence-corrected chi connectivity index (χ1v) is 54.8. The van der Waals surface area contributed by atoms with Crippen LogP contribution in [0.4, 0.5) is 0 Å². The fraction of sp³-hybridized carbons (Fsp3) is 0.388. The molecule has 0 N–H and O–H groups in total. The van der Waals surface area contributed by atoms with E-state index in [9.17, 15) is 0 Å². The molecule has 15 aromatic rings. The van der Waals surface area contributed by atoms with Crippen LogP contribution in [0.3, 0.4) is 0 Å². The van der Waals surface area contributed by atoms with Crippen LogP contribution in [0.25, 0.3) is 112 Å². The van der Waals surface area contributed by atoms with Crippen molar-refractivity contribution < 1.29 is 22.8 Å². The Morgan fingerprint density at radius 3 is 0.944 bits per heavy atom. The predicted molar refractivity (Wildman–Crippen MR) is 598 cm³/mol. The smallest absolute Gasteiger partial charge is 0.201 e. The lowest BCUT2D eigenvalue weighted by Crippen LogP contribution is -2.40. The summed E-state index contributed by atoms with van der Waals surface area (Å²) in [6.45, 7) is 51.5. The fourth-order valence-corrected chi connectivity index (χ4v) is 29.6. The third-order valence-corrected chi connectivity index (χ3v) is 38.3. The first kappa shape index (κ1) is 95.5. The number of aromatic nitrogens is 5. The van der Waals surface area contributed by atoms with Gasteiger partial charge in [0.15, 0.2) is 31.0 Å². The molecule has 12 aliphatic rings. The minimum atomic E-state index is 0.222. The average molecular weight is 1890 g/mol. The van der Waals surface area contributed by atoms with Gasteiger partial charge in [0.1, 0.15) is 35.2 Å². The summed E-state index contributed by atoms with van der Waals surface area (Å²) in [5.41, 5.74) is 74.3. The summed E-state index contributed by atoms with van der Waals surface area (Å²) in [5.74, 6) is 3.25. The van der Waals surface area contributed by atoms with E-state index < -0.39 is 0 Å². The minimum Gasteiger partial charge on any atom is -0.201 e. The van der Waals surface area contributed by atoms with E-state index in [4.69, 9.17) is 0 Å². The second-order valence-corrected chi connectivity index (χ2v) is 50.9. The average Bonchev–Trinajstić information content (AvgIpc) is 1.46. The summed E-state index contributed by atoms with van der Waals surface area (Å²) in [5, 5.41) is 0. The van der Waals surface area contributed by atoms with Crippen LogP contribution in [0, 0.1) is 69.2 Å². The van der Waals surface area contributed by atoms with Crippen molar-refractivity contribution >= 4 is 0 Å². The van der Waals surface area contributed by atoms with Crippen LogP contribution in [-0.4, -0.2) is 0 Å². The zero-order valence-electron chi connectivity index (χ0n) is 91.8. The highest BCUT2D eigenvalue weighted by Crippen LogP contribution is 2.59. The third kappa shape index (κ3) is 15.7. The summed E-state index contributed by atoms with van der Waals surface area (Å²) in [6.07, 6.45) is 33.2. The number of aryl methyl sites for hydroxylation is 15. The van der Waals surface area contributed by atoms with Crippen LogP contribution in [0.15, 0.2) is 213 Å². The van der Waals surface area contributed by atoms with Crippen LogP contribution >= 0.6 is 0 Å². The molecule has 12 aliphatic carbocycles. The van der Waals surface area contributed by atoms with Crippen molar-refractivity contribution in [3.63, 3.8) is 0 Å². The first-order valence-electron chi connectivity index (χ1n) is 54.8. The molecule has 4 unspecified atom stereocenters. The standard InChI is InChI=1S/3C29H34N.2C26H26N/c1-18-8-10-21-20(14-18)15-23-22(21)11-9-19(2)27(23)26-16-24-25(17-30(26)7)29(5,6)13-12-28(24,3)4;1-18-8-10-20-15-23-21(22(20)14-18)11-9-19(2)27(23)26-16-24-25(17-30(26)7)29(5,6)13-12-28(24,3)4;1-18-9-8-10-20-21-12-11-19(2)27(23(21)15-22(18)20)26-16-24-25(17-30(26)7)29(5,6)14-13-28(24,3)4;1-15-4-6-19-12-23-20(21(19)10-15)9-5-16(2)26(23)25-13-22-17-7-8-18(11-17)24(22)14-27(25)3;1-15-10-16(2)26(22-12-17-6-4-5-7-20(17)25(15)22)24-13-21-18-8-9-19(11-18)23(21)14-27(24)3/h2*8-11,14,16-17H,12-13,15H2,1-7H3;8-12,16-17H,13-15H2,1-7H3;4-6,9-10,13-14,17-18H,7-8,11-12H2,1-3H3;4-7,10,13-14,18-19H,8-9,11-12H2,1-3H3/q5*+1. The molecule has 2 fully saturated rings. The van der Waals surface area contributed by atoms with Crippen molar-refractivity contribution in [2.75, 3.05) is 0 Å². The normalized spacial score (nSPS) is 19.2. The highest BCUT2D eigenvalue weighted by atomic mass is 15.0. The van der Waals surface area contributed by atoms with Crippen LogP contribution in [0.1, 0.15) is 351 Å². The number of hydrogen-bond donors (Lipinski definition) is 0. The van der Waals surface area contributed by atoms with Crippen molar-refractivity contribution in [1.29, 1.82) is 0 Å². The van der Waals surface area contributed by atoms with Crippen LogP contribution in [0.2, 0.25) is 0 Å². The zero-order chi connectivity index (χ0) is 101. The Hall–Kier alpha value is -12.1. The lowest BCUT2D eigenvalue weighted by atomic mass is 9.63. The molecule has 5 nitrogen and oxygen atoms in total. The largest absolute Gasteiger partial charge is 0.213 e. The molecule has 5 heteroatoms. The van der Waals surface area contributed by atoms with E-state index >= 15 is 0 Å². The van der Waals surface area contributed by atoms with Crippen LogP contribution < -0.4 is 22.8 Å². The molecular formula is C139H154N5+5. The van der Waals surface area contributed by atoms with E-state index in [1.54, 1.807) is 22.3 Å². The molecule has 4 atom stereocenters. The van der Waals surface area contributed by atoms with E-state index in [0.717, 1.165) is 55.8 Å². The second kappa shape index (κ2) is 34.6. The molecule has 10 aromatic carbocycles. The summed E-state index contributed by atoms with van der Waals surface area (Å²) in [6, 6.07) is 70.2. The minimum absolute atomic E-state index is 0.222. The lowest BCUT2D eigenvalue weighted by Gasteiger charge is -2.40. The van der Waals surface area contributed by atoms with Crippen molar-refractivity contribution in [2.24, 2.45) is 35.2 Å². The Balaban J connectivity index is 0.0000000997. The molecule has 4 bridgehead atoms. The van der Waals surface area contributed by atoms with Gasteiger partial charge in [-0.3, -0.25) is 0 Å². The Kier molecular flexibility index (Phi) is 22.9. The van der Waals surface area contributed by atoms with Gasteiger partial charge in [0.2, 0.25) is 28.5 Å². The van der Waals surface area contributed by atoms with Crippen LogP contribution in [0.5, 0.6) is 0 Å². The molecular weight excluding hydrogens is 1740 g/mol. The van der Waals surface area contributed by atoms with Gasteiger partial charge in [0.25, 0.3) is 0 Å². The summed E-state index contributed by atoms with van der Waals surface area (Å²) in [4.78, 5) is 0. The van der Waals surface area contributed by atoms with Crippen molar-refractivity contribution in [1.82, 2.24) is 0 Å². The Bertz CT molecular complexity index is 7980. The van der Waals surface area contributed by atoms with Gasteiger partial charge in [-0.2, -0.15) is 0 Å². The van der Waals surface area contributed by atoms with Gasteiger partial charge in [0, 0.05) is 58.1 Å². The third-order valence-electron chi connectivity index (χ3n) is 38.3. The fourth-order valence-electron chi connectivity index (χ4n) is 29.6. The molecule has 2 saturated carbocycles. The summed E-state index contributed by atoms with van der Waals surface area (Å²) >= 11 is 0. The molecule has 0 spiro atoms. The maximum Gasteiger partial charge on any atom is 0.213 e. The number of hydrogen-bond acceptors (Lipinski definition) is 0. The summed E-state index contributed by atoms with van der Waals surface area (Å²) in [7, 11) is 11.2. The van der Waals surface area contributed by atoms with Gasteiger partial charge in [0.05, 0.1) is 27.8 Å². The van der Waals surface area contributed by atoms with E-state index in [0.29, 0.717) is 0 Å². The number of fused-ring (bicyclic) bond motifs is 28. The van der Waals surface area contributed by atoms with Crippen LogP contribution in [-0.2, 0) is 99.8 Å². The van der Waals surface area contributed by atoms with Gasteiger partial charge in [-0.05, 0) is 413 Å². The highest BCUT2D eigenvalue weighted by molar-refractivity contribution is 5.92.